The van der Waals surface area contributed by atoms with Crippen LogP contribution < -0.4 is 0 Å². The van der Waals surface area contributed by atoms with Crippen molar-refractivity contribution >= 4 is 28.7 Å². The molecule has 12 heteroatoms. The molecule has 1 aliphatic rings. The number of rotatable bonds is 3. The molecule has 5 rings (SSSR count). The SMILES string of the molecule is O=C(c1nc2c(C(F)(F)F)cc(-c3cn[nH]c3)cn2c1Cl)N1CC=C(c2cnoc2)C1. The second kappa shape index (κ2) is 6.98. The molecule has 8 nitrogen and oxygen atoms in total. The molecule has 1 aliphatic heterocycles. The molecule has 0 saturated heterocycles. The third-order valence-corrected chi connectivity index (χ3v) is 5.37. The van der Waals surface area contributed by atoms with Gasteiger partial charge in [0.1, 0.15) is 11.4 Å². The standard InChI is InChI=1S/C19H12ClF3N6O2/c20-16-15(18(30)28-2-1-10(7-28)13-6-26-31-9-13)27-17-14(19(21,22)23)3-11(8-29(16)17)12-4-24-25-5-12/h1,3-6,8-9H,2,7H2,(H,24,25). The highest BCUT2D eigenvalue weighted by molar-refractivity contribution is 6.33. The molecule has 1 amide bonds. The number of alkyl halides is 3. The Bertz CT molecular complexity index is 1310. The van der Waals surface area contributed by atoms with Crippen LogP contribution in [0, 0.1) is 0 Å². The summed E-state index contributed by atoms with van der Waals surface area (Å²) in [5.74, 6) is -0.575. The van der Waals surface area contributed by atoms with Gasteiger partial charge < -0.3 is 9.42 Å². The zero-order valence-electron chi connectivity index (χ0n) is 15.5. The largest absolute Gasteiger partial charge is 0.420 e. The molecule has 4 aromatic rings. The Morgan fingerprint density at radius 2 is 2.06 bits per heavy atom. The number of imidazole rings is 1. The molecule has 0 atom stereocenters. The number of carbonyl (C=O) groups is 1. The van der Waals surface area contributed by atoms with Crippen molar-refractivity contribution in [3.8, 4) is 11.1 Å². The van der Waals surface area contributed by atoms with Gasteiger partial charge in [0.15, 0.2) is 11.3 Å². The van der Waals surface area contributed by atoms with Crippen LogP contribution in [0.1, 0.15) is 21.6 Å². The number of fused-ring (bicyclic) bond motifs is 1. The maximum Gasteiger partial charge on any atom is 0.420 e. The minimum Gasteiger partial charge on any atom is -0.364 e. The van der Waals surface area contributed by atoms with Gasteiger partial charge in [0.25, 0.3) is 5.91 Å². The van der Waals surface area contributed by atoms with Crippen LogP contribution in [0.2, 0.25) is 5.15 Å². The molecule has 1 N–H and O–H groups in total. The van der Waals surface area contributed by atoms with E-state index < -0.39 is 23.3 Å². The Hall–Kier alpha value is -3.60. The smallest absolute Gasteiger partial charge is 0.364 e. The molecular weight excluding hydrogens is 437 g/mol. The van der Waals surface area contributed by atoms with Crippen molar-refractivity contribution in [3.05, 3.63) is 65.2 Å². The maximum absolute atomic E-state index is 13.8. The number of carbonyl (C=O) groups excluding carboxylic acids is 1. The Labute approximate surface area is 176 Å². The lowest BCUT2D eigenvalue weighted by Crippen LogP contribution is -2.29. The van der Waals surface area contributed by atoms with Crippen LogP contribution >= 0.6 is 11.6 Å². The maximum atomic E-state index is 13.8. The third kappa shape index (κ3) is 3.26. The average molecular weight is 449 g/mol. The summed E-state index contributed by atoms with van der Waals surface area (Å²) in [7, 11) is 0. The van der Waals surface area contributed by atoms with Crippen LogP contribution in [0.5, 0.6) is 0 Å². The molecule has 158 valence electrons. The summed E-state index contributed by atoms with van der Waals surface area (Å²) in [5, 5.41) is 9.75. The quantitative estimate of drug-likeness (QED) is 0.513. The van der Waals surface area contributed by atoms with Gasteiger partial charge in [0, 0.05) is 42.2 Å². The molecule has 0 unspecified atom stereocenters. The van der Waals surface area contributed by atoms with Gasteiger partial charge in [0.05, 0.1) is 18.0 Å². The first-order valence-electron chi connectivity index (χ1n) is 8.99. The minimum atomic E-state index is -4.70. The molecule has 0 saturated carbocycles. The molecule has 0 aliphatic carbocycles. The number of aromatic amines is 1. The molecule has 0 fully saturated rings. The Balaban J connectivity index is 1.56. The third-order valence-electron chi connectivity index (χ3n) is 5.01. The molecule has 4 aromatic heterocycles. The summed E-state index contributed by atoms with van der Waals surface area (Å²) in [6, 6.07) is 0.958. The van der Waals surface area contributed by atoms with E-state index >= 15 is 0 Å². The van der Waals surface area contributed by atoms with Crippen molar-refractivity contribution < 1.29 is 22.5 Å². The number of halogens is 4. The summed E-state index contributed by atoms with van der Waals surface area (Å²) in [6.07, 6.45) is 4.32. The van der Waals surface area contributed by atoms with Crippen LogP contribution in [0.15, 0.2) is 47.7 Å². The molecule has 0 aromatic carbocycles. The number of pyridine rings is 1. The predicted octanol–water partition coefficient (Wildman–Crippen LogP) is 3.92. The lowest BCUT2D eigenvalue weighted by Gasteiger charge is -2.14. The van der Waals surface area contributed by atoms with E-state index in [0.717, 1.165) is 21.6 Å². The Morgan fingerprint density at radius 3 is 2.74 bits per heavy atom. The van der Waals surface area contributed by atoms with Gasteiger partial charge in [0.2, 0.25) is 0 Å². The van der Waals surface area contributed by atoms with E-state index in [9.17, 15) is 18.0 Å². The first-order valence-corrected chi connectivity index (χ1v) is 9.36. The van der Waals surface area contributed by atoms with Gasteiger partial charge in [-0.15, -0.1) is 0 Å². The molecule has 0 radical (unpaired) electrons. The van der Waals surface area contributed by atoms with Gasteiger partial charge in [-0.3, -0.25) is 14.3 Å². The number of H-pyrrole nitrogens is 1. The highest BCUT2D eigenvalue weighted by Gasteiger charge is 2.37. The molecule has 0 spiro atoms. The fourth-order valence-corrected chi connectivity index (χ4v) is 3.71. The summed E-state index contributed by atoms with van der Waals surface area (Å²) in [4.78, 5) is 18.4. The first-order chi connectivity index (χ1) is 14.8. The number of hydrogen-bond donors (Lipinski definition) is 1. The van der Waals surface area contributed by atoms with E-state index in [2.05, 4.69) is 20.3 Å². The first kappa shape index (κ1) is 19.4. The van der Waals surface area contributed by atoms with E-state index in [1.165, 1.54) is 36.0 Å². The zero-order valence-corrected chi connectivity index (χ0v) is 16.3. The van der Waals surface area contributed by atoms with Crippen LogP contribution in [-0.2, 0) is 6.18 Å². The molecule has 5 heterocycles. The average Bonchev–Trinajstić information content (AvgIpc) is 3.53. The van der Waals surface area contributed by atoms with E-state index in [4.69, 9.17) is 16.1 Å². The second-order valence-electron chi connectivity index (χ2n) is 6.90. The van der Waals surface area contributed by atoms with E-state index in [0.29, 0.717) is 5.56 Å². The lowest BCUT2D eigenvalue weighted by molar-refractivity contribution is -0.136. The number of hydrogen-bond acceptors (Lipinski definition) is 5. The van der Waals surface area contributed by atoms with Crippen molar-refractivity contribution in [1.82, 2.24) is 29.6 Å². The molecular formula is C19H12ClF3N6O2. The fraction of sp³-hybridized carbons (Fsp3) is 0.158. The van der Waals surface area contributed by atoms with E-state index in [-0.39, 0.29) is 29.5 Å². The number of nitrogens with zero attached hydrogens (tertiary/aromatic N) is 5. The van der Waals surface area contributed by atoms with E-state index in [1.807, 2.05) is 6.08 Å². The topological polar surface area (TPSA) is 92.3 Å². The number of nitrogens with one attached hydrogen (secondary N) is 1. The summed E-state index contributed by atoms with van der Waals surface area (Å²) >= 11 is 6.34. The number of aromatic nitrogens is 5. The van der Waals surface area contributed by atoms with Gasteiger partial charge in [-0.25, -0.2) is 4.98 Å². The highest BCUT2D eigenvalue weighted by Crippen LogP contribution is 2.37. The van der Waals surface area contributed by atoms with Gasteiger partial charge >= 0.3 is 6.18 Å². The predicted molar refractivity (Wildman–Crippen MR) is 103 cm³/mol. The lowest BCUT2D eigenvalue weighted by atomic mass is 10.1. The second-order valence-corrected chi connectivity index (χ2v) is 7.26. The normalized spacial score (nSPS) is 14.5. The number of amides is 1. The van der Waals surface area contributed by atoms with Crippen molar-refractivity contribution in [3.63, 3.8) is 0 Å². The van der Waals surface area contributed by atoms with Crippen LogP contribution in [0.25, 0.3) is 22.3 Å². The Kier molecular flexibility index (Phi) is 4.36. The van der Waals surface area contributed by atoms with Gasteiger partial charge in [-0.2, -0.15) is 18.3 Å². The zero-order chi connectivity index (χ0) is 21.8. The summed E-state index contributed by atoms with van der Waals surface area (Å²) < 4.78 is 47.1. The van der Waals surface area contributed by atoms with Crippen LogP contribution in [-0.4, -0.2) is 48.6 Å². The van der Waals surface area contributed by atoms with Crippen molar-refractivity contribution in [2.45, 2.75) is 6.18 Å². The van der Waals surface area contributed by atoms with Crippen molar-refractivity contribution in [2.24, 2.45) is 0 Å². The fourth-order valence-electron chi connectivity index (χ4n) is 3.46. The minimum absolute atomic E-state index is 0.200. The monoisotopic (exact) mass is 448 g/mol. The van der Waals surface area contributed by atoms with Crippen molar-refractivity contribution in [2.75, 3.05) is 13.1 Å². The van der Waals surface area contributed by atoms with Gasteiger partial charge in [-0.1, -0.05) is 22.8 Å². The van der Waals surface area contributed by atoms with Crippen LogP contribution in [0.3, 0.4) is 0 Å². The summed E-state index contributed by atoms with van der Waals surface area (Å²) in [6.45, 7) is 0.493. The van der Waals surface area contributed by atoms with Gasteiger partial charge in [-0.05, 0) is 11.6 Å². The van der Waals surface area contributed by atoms with E-state index in [1.54, 1.807) is 0 Å². The van der Waals surface area contributed by atoms with Crippen molar-refractivity contribution in [1.29, 1.82) is 0 Å². The molecule has 31 heavy (non-hydrogen) atoms. The molecule has 0 bridgehead atoms. The summed E-state index contributed by atoms with van der Waals surface area (Å²) in [5.41, 5.74) is 0.498. The van der Waals surface area contributed by atoms with Crippen LogP contribution in [0.4, 0.5) is 13.2 Å². The highest BCUT2D eigenvalue weighted by atomic mass is 35.5. The Morgan fingerprint density at radius 1 is 1.23 bits per heavy atom.